The van der Waals surface area contributed by atoms with E-state index in [4.69, 9.17) is 22.1 Å². The van der Waals surface area contributed by atoms with Crippen LogP contribution in [0.1, 0.15) is 0 Å². The maximum atomic E-state index is 6.00. The van der Waals surface area contributed by atoms with Crippen molar-refractivity contribution in [3.05, 3.63) is 23.5 Å². The number of benzene rings is 1. The maximum Gasteiger partial charge on any atom is 0.203 e. The van der Waals surface area contributed by atoms with E-state index in [1.807, 2.05) is 22.8 Å². The van der Waals surface area contributed by atoms with E-state index in [9.17, 15) is 0 Å². The molecule has 0 aliphatic carbocycles. The number of rotatable bonds is 3. The molecule has 2 N–H and O–H groups in total. The van der Waals surface area contributed by atoms with Gasteiger partial charge in [0.15, 0.2) is 0 Å². The Morgan fingerprint density at radius 2 is 2.33 bits per heavy atom. The van der Waals surface area contributed by atoms with Crippen molar-refractivity contribution in [2.75, 3.05) is 13.7 Å². The standard InChI is InChI=1S/C10H12ClN3O/c1-15-7-2-3-9-8(6-7)13-10(11)14(9)5-4-12/h2-3,6H,4-5,12H2,1H3. The van der Waals surface area contributed by atoms with Gasteiger partial charge in [-0.15, -0.1) is 0 Å². The van der Waals surface area contributed by atoms with Gasteiger partial charge in [0.1, 0.15) is 5.75 Å². The van der Waals surface area contributed by atoms with Gasteiger partial charge in [0.2, 0.25) is 5.28 Å². The van der Waals surface area contributed by atoms with Crippen LogP contribution in [0.4, 0.5) is 0 Å². The van der Waals surface area contributed by atoms with E-state index in [0.29, 0.717) is 18.4 Å². The van der Waals surface area contributed by atoms with Gasteiger partial charge in [0.05, 0.1) is 18.1 Å². The van der Waals surface area contributed by atoms with Crippen molar-refractivity contribution >= 4 is 22.6 Å². The molecule has 80 valence electrons. The fraction of sp³-hybridized carbons (Fsp3) is 0.300. The topological polar surface area (TPSA) is 53.1 Å². The molecule has 4 nitrogen and oxygen atoms in total. The molecule has 0 spiro atoms. The van der Waals surface area contributed by atoms with E-state index in [1.165, 1.54) is 0 Å². The van der Waals surface area contributed by atoms with Crippen LogP contribution in [0.3, 0.4) is 0 Å². The van der Waals surface area contributed by atoms with Crippen molar-refractivity contribution in [3.8, 4) is 5.75 Å². The van der Waals surface area contributed by atoms with E-state index in [2.05, 4.69) is 4.98 Å². The highest BCUT2D eigenvalue weighted by atomic mass is 35.5. The summed E-state index contributed by atoms with van der Waals surface area (Å²) in [7, 11) is 1.62. The summed E-state index contributed by atoms with van der Waals surface area (Å²) in [6, 6.07) is 5.67. The van der Waals surface area contributed by atoms with Crippen molar-refractivity contribution in [1.82, 2.24) is 9.55 Å². The van der Waals surface area contributed by atoms with Crippen LogP contribution < -0.4 is 10.5 Å². The number of imidazole rings is 1. The summed E-state index contributed by atoms with van der Waals surface area (Å²) in [6.45, 7) is 1.21. The van der Waals surface area contributed by atoms with Crippen LogP contribution in [0.2, 0.25) is 5.28 Å². The molecule has 0 bridgehead atoms. The first-order chi connectivity index (χ1) is 7.26. The van der Waals surface area contributed by atoms with Crippen molar-refractivity contribution in [1.29, 1.82) is 0 Å². The number of aromatic nitrogens is 2. The van der Waals surface area contributed by atoms with Crippen LogP contribution >= 0.6 is 11.6 Å². The number of ether oxygens (including phenoxy) is 1. The lowest BCUT2D eigenvalue weighted by Crippen LogP contribution is -2.09. The third kappa shape index (κ3) is 1.78. The molecule has 0 unspecified atom stereocenters. The first-order valence-corrected chi connectivity index (χ1v) is 5.04. The molecule has 0 aliphatic heterocycles. The Kier molecular flexibility index (Phi) is 2.79. The second kappa shape index (κ2) is 4.08. The summed E-state index contributed by atoms with van der Waals surface area (Å²) in [5.74, 6) is 0.775. The Hall–Kier alpha value is -1.26. The summed E-state index contributed by atoms with van der Waals surface area (Å²) in [5, 5.41) is 0.462. The molecule has 1 heterocycles. The zero-order chi connectivity index (χ0) is 10.8. The summed E-state index contributed by atoms with van der Waals surface area (Å²) in [6.07, 6.45) is 0. The number of fused-ring (bicyclic) bond motifs is 1. The lowest BCUT2D eigenvalue weighted by atomic mass is 10.3. The first kappa shape index (κ1) is 10.3. The smallest absolute Gasteiger partial charge is 0.203 e. The van der Waals surface area contributed by atoms with Crippen molar-refractivity contribution in [2.24, 2.45) is 5.73 Å². The van der Waals surface area contributed by atoms with Crippen LogP contribution in [-0.2, 0) is 6.54 Å². The summed E-state index contributed by atoms with van der Waals surface area (Å²) < 4.78 is 7.00. The van der Waals surface area contributed by atoms with Gasteiger partial charge in [-0.05, 0) is 23.7 Å². The maximum absolute atomic E-state index is 6.00. The largest absolute Gasteiger partial charge is 0.497 e. The Morgan fingerprint density at radius 1 is 1.53 bits per heavy atom. The monoisotopic (exact) mass is 225 g/mol. The van der Waals surface area contributed by atoms with Gasteiger partial charge in [-0.2, -0.15) is 0 Å². The van der Waals surface area contributed by atoms with E-state index < -0.39 is 0 Å². The van der Waals surface area contributed by atoms with Gasteiger partial charge >= 0.3 is 0 Å². The van der Waals surface area contributed by atoms with E-state index in [1.54, 1.807) is 7.11 Å². The second-order valence-corrected chi connectivity index (χ2v) is 3.51. The molecular weight excluding hydrogens is 214 g/mol. The minimum absolute atomic E-state index is 0.462. The number of nitrogens with zero attached hydrogens (tertiary/aromatic N) is 2. The number of methoxy groups -OCH3 is 1. The highest BCUT2D eigenvalue weighted by Gasteiger charge is 2.08. The van der Waals surface area contributed by atoms with Crippen LogP contribution in [0.25, 0.3) is 11.0 Å². The van der Waals surface area contributed by atoms with Crippen molar-refractivity contribution in [2.45, 2.75) is 6.54 Å². The Balaban J connectivity index is 2.58. The molecular formula is C10H12ClN3O. The summed E-state index contributed by atoms with van der Waals surface area (Å²) in [4.78, 5) is 4.23. The Labute approximate surface area is 92.6 Å². The first-order valence-electron chi connectivity index (χ1n) is 4.66. The number of halogens is 1. The molecule has 1 aromatic carbocycles. The van der Waals surface area contributed by atoms with Gasteiger partial charge in [-0.1, -0.05) is 0 Å². The van der Waals surface area contributed by atoms with Crippen molar-refractivity contribution < 1.29 is 4.74 Å². The average molecular weight is 226 g/mol. The van der Waals surface area contributed by atoms with E-state index >= 15 is 0 Å². The quantitative estimate of drug-likeness (QED) is 0.865. The van der Waals surface area contributed by atoms with Crippen LogP contribution in [-0.4, -0.2) is 23.2 Å². The molecule has 0 fully saturated rings. The Morgan fingerprint density at radius 3 is 3.00 bits per heavy atom. The zero-order valence-corrected chi connectivity index (χ0v) is 9.16. The van der Waals surface area contributed by atoms with Gasteiger partial charge in [-0.25, -0.2) is 4.98 Å². The highest BCUT2D eigenvalue weighted by Crippen LogP contribution is 2.23. The summed E-state index contributed by atoms with van der Waals surface area (Å²) in [5.41, 5.74) is 7.31. The number of hydrogen-bond donors (Lipinski definition) is 1. The highest BCUT2D eigenvalue weighted by molar-refractivity contribution is 6.29. The molecule has 0 amide bonds. The SMILES string of the molecule is COc1ccc2c(c1)nc(Cl)n2CCN. The second-order valence-electron chi connectivity index (χ2n) is 3.18. The van der Waals surface area contributed by atoms with Gasteiger partial charge in [-0.3, -0.25) is 0 Å². The molecule has 0 aliphatic rings. The molecule has 0 atom stereocenters. The fourth-order valence-corrected chi connectivity index (χ4v) is 1.82. The normalized spacial score (nSPS) is 10.9. The predicted molar refractivity (Wildman–Crippen MR) is 60.3 cm³/mol. The third-order valence-corrected chi connectivity index (χ3v) is 2.55. The molecule has 1 aromatic heterocycles. The minimum Gasteiger partial charge on any atom is -0.497 e. The zero-order valence-electron chi connectivity index (χ0n) is 8.40. The third-order valence-electron chi connectivity index (χ3n) is 2.26. The van der Waals surface area contributed by atoms with Crippen molar-refractivity contribution in [3.63, 3.8) is 0 Å². The summed E-state index contributed by atoms with van der Waals surface area (Å²) >= 11 is 6.00. The Bertz CT molecular complexity index is 481. The molecule has 5 heteroatoms. The number of hydrogen-bond acceptors (Lipinski definition) is 3. The molecule has 0 radical (unpaired) electrons. The molecule has 0 saturated heterocycles. The molecule has 2 aromatic rings. The van der Waals surface area contributed by atoms with E-state index in [0.717, 1.165) is 16.8 Å². The van der Waals surface area contributed by atoms with Gasteiger partial charge in [0.25, 0.3) is 0 Å². The van der Waals surface area contributed by atoms with Crippen LogP contribution in [0.5, 0.6) is 5.75 Å². The fourth-order valence-electron chi connectivity index (χ4n) is 1.55. The van der Waals surface area contributed by atoms with E-state index in [-0.39, 0.29) is 0 Å². The lowest BCUT2D eigenvalue weighted by molar-refractivity contribution is 0.415. The lowest BCUT2D eigenvalue weighted by Gasteiger charge is -2.03. The average Bonchev–Trinajstić information content (AvgIpc) is 2.55. The molecule has 0 saturated carbocycles. The van der Waals surface area contributed by atoms with Crippen LogP contribution in [0.15, 0.2) is 18.2 Å². The number of nitrogens with two attached hydrogens (primary N) is 1. The van der Waals surface area contributed by atoms with Gasteiger partial charge in [0, 0.05) is 19.2 Å². The molecule has 2 rings (SSSR count). The predicted octanol–water partition coefficient (Wildman–Crippen LogP) is 1.66. The minimum atomic E-state index is 0.462. The molecule has 15 heavy (non-hydrogen) atoms. The van der Waals surface area contributed by atoms with Gasteiger partial charge < -0.3 is 15.0 Å². The van der Waals surface area contributed by atoms with Crippen LogP contribution in [0, 0.1) is 0 Å².